The van der Waals surface area contributed by atoms with E-state index in [0.29, 0.717) is 6.54 Å². The van der Waals surface area contributed by atoms with Crippen LogP contribution in [0.15, 0.2) is 28.7 Å². The van der Waals surface area contributed by atoms with E-state index in [1.54, 1.807) is 0 Å². The standard InChI is InChI=1S/C12H15NO2.C2H6/c1-8-5-10-3-4-11(6-12(10)15-8)14-9(2)7-13;1-2/h3-6,9H,7,13H2,1-2H3;1-2H3. The fraction of sp³-hybridized carbons (Fsp3) is 0.429. The highest BCUT2D eigenvalue weighted by atomic mass is 16.5. The van der Waals surface area contributed by atoms with Gasteiger partial charge in [-0.05, 0) is 32.0 Å². The van der Waals surface area contributed by atoms with Crippen LogP contribution in [-0.4, -0.2) is 12.6 Å². The zero-order chi connectivity index (χ0) is 12.8. The molecular formula is C14H21NO2. The van der Waals surface area contributed by atoms with Gasteiger partial charge in [0.1, 0.15) is 23.2 Å². The third kappa shape index (κ3) is 3.49. The fourth-order valence-corrected chi connectivity index (χ4v) is 1.50. The van der Waals surface area contributed by atoms with E-state index in [1.165, 1.54) is 0 Å². The monoisotopic (exact) mass is 235 g/mol. The Morgan fingerprint density at radius 1 is 1.29 bits per heavy atom. The van der Waals surface area contributed by atoms with Gasteiger partial charge in [0.15, 0.2) is 0 Å². The van der Waals surface area contributed by atoms with Gasteiger partial charge >= 0.3 is 0 Å². The Bertz CT molecular complexity index is 462. The van der Waals surface area contributed by atoms with E-state index < -0.39 is 0 Å². The van der Waals surface area contributed by atoms with Crippen LogP contribution in [0.2, 0.25) is 0 Å². The first kappa shape index (κ1) is 13.6. The average molecular weight is 235 g/mol. The summed E-state index contributed by atoms with van der Waals surface area (Å²) < 4.78 is 11.1. The minimum atomic E-state index is 0.0264. The molecule has 0 aliphatic heterocycles. The van der Waals surface area contributed by atoms with Crippen LogP contribution in [0.25, 0.3) is 11.0 Å². The lowest BCUT2D eigenvalue weighted by molar-refractivity contribution is 0.230. The van der Waals surface area contributed by atoms with E-state index in [4.69, 9.17) is 14.9 Å². The second-order valence-electron chi connectivity index (χ2n) is 3.72. The molecule has 0 saturated carbocycles. The number of fused-ring (bicyclic) bond motifs is 1. The van der Waals surface area contributed by atoms with Gasteiger partial charge in [-0.1, -0.05) is 13.8 Å². The smallest absolute Gasteiger partial charge is 0.137 e. The molecule has 0 bridgehead atoms. The number of nitrogens with two attached hydrogens (primary N) is 1. The van der Waals surface area contributed by atoms with Gasteiger partial charge in [0.05, 0.1) is 0 Å². The number of ether oxygens (including phenoxy) is 1. The molecule has 0 spiro atoms. The number of furan rings is 1. The summed E-state index contributed by atoms with van der Waals surface area (Å²) in [5.41, 5.74) is 6.34. The van der Waals surface area contributed by atoms with E-state index in [2.05, 4.69) is 0 Å². The van der Waals surface area contributed by atoms with Crippen molar-refractivity contribution in [1.82, 2.24) is 0 Å². The van der Waals surface area contributed by atoms with Crippen molar-refractivity contribution in [1.29, 1.82) is 0 Å². The van der Waals surface area contributed by atoms with E-state index in [9.17, 15) is 0 Å². The molecule has 17 heavy (non-hydrogen) atoms. The van der Waals surface area contributed by atoms with Gasteiger partial charge < -0.3 is 14.9 Å². The molecule has 3 heteroatoms. The predicted octanol–water partition coefficient (Wildman–Crippen LogP) is 3.49. The molecule has 2 N–H and O–H groups in total. The molecule has 0 aliphatic carbocycles. The molecule has 0 amide bonds. The van der Waals surface area contributed by atoms with E-state index >= 15 is 0 Å². The van der Waals surface area contributed by atoms with Crippen LogP contribution in [0.5, 0.6) is 5.75 Å². The molecular weight excluding hydrogens is 214 g/mol. The maximum atomic E-state index is 5.60. The first-order valence-electron chi connectivity index (χ1n) is 6.06. The van der Waals surface area contributed by atoms with Gasteiger partial charge in [-0.2, -0.15) is 0 Å². The Morgan fingerprint density at radius 3 is 2.65 bits per heavy atom. The van der Waals surface area contributed by atoms with Crippen molar-refractivity contribution in [2.24, 2.45) is 5.73 Å². The van der Waals surface area contributed by atoms with E-state index in [0.717, 1.165) is 22.5 Å². The number of hydrogen-bond donors (Lipinski definition) is 1. The third-order valence-corrected chi connectivity index (χ3v) is 2.28. The molecule has 0 aliphatic rings. The van der Waals surface area contributed by atoms with E-state index in [-0.39, 0.29) is 6.10 Å². The Labute approximate surface area is 103 Å². The summed E-state index contributed by atoms with van der Waals surface area (Å²) in [6.07, 6.45) is 0.0264. The molecule has 1 heterocycles. The van der Waals surface area contributed by atoms with Crippen LogP contribution < -0.4 is 10.5 Å². The van der Waals surface area contributed by atoms with Crippen molar-refractivity contribution in [3.8, 4) is 5.75 Å². The van der Waals surface area contributed by atoms with Gasteiger partial charge in [0, 0.05) is 18.0 Å². The van der Waals surface area contributed by atoms with Crippen LogP contribution in [0.4, 0.5) is 0 Å². The lowest BCUT2D eigenvalue weighted by atomic mass is 10.2. The molecule has 1 atom stereocenters. The molecule has 1 aromatic carbocycles. The second-order valence-corrected chi connectivity index (χ2v) is 3.72. The summed E-state index contributed by atoms with van der Waals surface area (Å²) in [7, 11) is 0. The maximum Gasteiger partial charge on any atom is 0.137 e. The lowest BCUT2D eigenvalue weighted by Crippen LogP contribution is -2.22. The summed E-state index contributed by atoms with van der Waals surface area (Å²) in [5, 5.41) is 1.10. The first-order valence-corrected chi connectivity index (χ1v) is 6.06. The molecule has 1 aromatic heterocycles. The molecule has 3 nitrogen and oxygen atoms in total. The summed E-state index contributed by atoms with van der Waals surface area (Å²) >= 11 is 0. The fourth-order valence-electron chi connectivity index (χ4n) is 1.50. The van der Waals surface area contributed by atoms with Crippen LogP contribution in [0.3, 0.4) is 0 Å². The highest BCUT2D eigenvalue weighted by molar-refractivity contribution is 5.79. The van der Waals surface area contributed by atoms with Crippen molar-refractivity contribution in [2.75, 3.05) is 6.54 Å². The third-order valence-electron chi connectivity index (χ3n) is 2.28. The second kappa shape index (κ2) is 6.30. The van der Waals surface area contributed by atoms with Crippen LogP contribution in [0, 0.1) is 6.92 Å². The van der Waals surface area contributed by atoms with Crippen LogP contribution in [-0.2, 0) is 0 Å². The Balaban J connectivity index is 0.000000686. The number of benzene rings is 1. The summed E-state index contributed by atoms with van der Waals surface area (Å²) in [6, 6.07) is 7.83. The molecule has 0 fully saturated rings. The van der Waals surface area contributed by atoms with E-state index in [1.807, 2.05) is 52.0 Å². The average Bonchev–Trinajstić information content (AvgIpc) is 2.71. The molecule has 0 radical (unpaired) electrons. The zero-order valence-corrected chi connectivity index (χ0v) is 11.0. The maximum absolute atomic E-state index is 5.60. The molecule has 1 unspecified atom stereocenters. The number of hydrogen-bond acceptors (Lipinski definition) is 3. The Kier molecular flexibility index (Phi) is 5.04. The van der Waals surface area contributed by atoms with Crippen LogP contribution >= 0.6 is 0 Å². The zero-order valence-electron chi connectivity index (χ0n) is 11.0. The van der Waals surface area contributed by atoms with Crippen molar-refractivity contribution < 1.29 is 9.15 Å². The topological polar surface area (TPSA) is 48.4 Å². The minimum absolute atomic E-state index is 0.0264. The SMILES string of the molecule is CC.Cc1cc2ccc(OC(C)CN)cc2o1. The van der Waals surface area contributed by atoms with Gasteiger partial charge in [0.25, 0.3) is 0 Å². The summed E-state index contributed by atoms with van der Waals surface area (Å²) in [4.78, 5) is 0. The van der Waals surface area contributed by atoms with Crippen molar-refractivity contribution >= 4 is 11.0 Å². The van der Waals surface area contributed by atoms with Crippen LogP contribution in [0.1, 0.15) is 26.5 Å². The number of aryl methyl sites for hydroxylation is 1. The lowest BCUT2D eigenvalue weighted by Gasteiger charge is -2.11. The van der Waals surface area contributed by atoms with Crippen molar-refractivity contribution in [3.05, 3.63) is 30.0 Å². The largest absolute Gasteiger partial charge is 0.489 e. The molecule has 2 aromatic rings. The Morgan fingerprint density at radius 2 is 2.00 bits per heavy atom. The number of rotatable bonds is 3. The van der Waals surface area contributed by atoms with Gasteiger partial charge in [-0.25, -0.2) is 0 Å². The quantitative estimate of drug-likeness (QED) is 0.885. The minimum Gasteiger partial charge on any atom is -0.489 e. The summed E-state index contributed by atoms with van der Waals surface area (Å²) in [5.74, 6) is 1.71. The predicted molar refractivity (Wildman–Crippen MR) is 71.4 cm³/mol. The highest BCUT2D eigenvalue weighted by Gasteiger charge is 2.04. The Hall–Kier alpha value is -1.48. The van der Waals surface area contributed by atoms with Crippen molar-refractivity contribution in [2.45, 2.75) is 33.8 Å². The molecule has 2 rings (SSSR count). The van der Waals surface area contributed by atoms with Crippen molar-refractivity contribution in [3.63, 3.8) is 0 Å². The van der Waals surface area contributed by atoms with Gasteiger partial charge in [0.2, 0.25) is 0 Å². The first-order chi connectivity index (χ1) is 8.19. The highest BCUT2D eigenvalue weighted by Crippen LogP contribution is 2.24. The molecule has 94 valence electrons. The van der Waals surface area contributed by atoms with Gasteiger partial charge in [-0.3, -0.25) is 0 Å². The van der Waals surface area contributed by atoms with Gasteiger partial charge in [-0.15, -0.1) is 0 Å². The normalized spacial score (nSPS) is 11.8. The summed E-state index contributed by atoms with van der Waals surface area (Å²) in [6.45, 7) is 8.38. The molecule has 0 saturated heterocycles.